The van der Waals surface area contributed by atoms with Crippen molar-refractivity contribution in [3.05, 3.63) is 62.9 Å². The number of hydrogen-bond acceptors (Lipinski definition) is 5. The van der Waals surface area contributed by atoms with Gasteiger partial charge < -0.3 is 9.64 Å². The van der Waals surface area contributed by atoms with Crippen LogP contribution in [0.15, 0.2) is 52.4 Å². The van der Waals surface area contributed by atoms with E-state index in [9.17, 15) is 9.59 Å². The van der Waals surface area contributed by atoms with Crippen LogP contribution >= 0.6 is 35.0 Å². The Morgan fingerprint density at radius 3 is 2.62 bits per heavy atom. The smallest absolute Gasteiger partial charge is 0.266 e. The second-order valence-corrected chi connectivity index (χ2v) is 9.33. The van der Waals surface area contributed by atoms with Crippen LogP contribution in [-0.4, -0.2) is 52.4 Å². The van der Waals surface area contributed by atoms with Gasteiger partial charge in [0.1, 0.15) is 0 Å². The number of aromatic nitrogens is 2. The predicted molar refractivity (Wildman–Crippen MR) is 129 cm³/mol. The van der Waals surface area contributed by atoms with Crippen molar-refractivity contribution in [3.63, 3.8) is 0 Å². The van der Waals surface area contributed by atoms with E-state index in [-0.39, 0.29) is 11.5 Å². The molecule has 1 aromatic heterocycles. The van der Waals surface area contributed by atoms with Gasteiger partial charge in [0.15, 0.2) is 5.16 Å². The summed E-state index contributed by atoms with van der Waals surface area (Å²) in [6.07, 6.45) is 2.14. The molecule has 3 aromatic rings. The summed E-state index contributed by atoms with van der Waals surface area (Å²) in [6, 6.07) is 12.4. The highest BCUT2D eigenvalue weighted by Gasteiger charge is 2.17. The number of para-hydroxylation sites is 1. The minimum atomic E-state index is -0.154. The van der Waals surface area contributed by atoms with Gasteiger partial charge in [0.2, 0.25) is 5.91 Å². The maximum atomic E-state index is 13.3. The third kappa shape index (κ3) is 5.29. The summed E-state index contributed by atoms with van der Waals surface area (Å²) in [4.78, 5) is 32.2. The number of unbranched alkanes of at least 4 members (excludes halogenated alkanes) is 1. The summed E-state index contributed by atoms with van der Waals surface area (Å²) in [5.41, 5.74) is 1.12. The van der Waals surface area contributed by atoms with Crippen molar-refractivity contribution >= 4 is 51.8 Å². The van der Waals surface area contributed by atoms with Gasteiger partial charge in [0.25, 0.3) is 5.56 Å². The Labute approximate surface area is 200 Å². The highest BCUT2D eigenvalue weighted by atomic mass is 35.5. The van der Waals surface area contributed by atoms with Crippen molar-refractivity contribution in [2.45, 2.75) is 24.4 Å². The van der Waals surface area contributed by atoms with E-state index >= 15 is 0 Å². The first-order valence-electron chi connectivity index (χ1n) is 10.5. The molecule has 6 nitrogen and oxygen atoms in total. The van der Waals surface area contributed by atoms with E-state index in [0.717, 1.165) is 18.6 Å². The summed E-state index contributed by atoms with van der Waals surface area (Å²) in [6.45, 7) is 2.57. The Balaban J connectivity index is 1.49. The Morgan fingerprint density at radius 1 is 1.06 bits per heavy atom. The van der Waals surface area contributed by atoms with Crippen molar-refractivity contribution in [2.24, 2.45) is 0 Å². The van der Waals surface area contributed by atoms with Crippen LogP contribution in [0.25, 0.3) is 16.6 Å². The number of thioether (sulfide) groups is 1. The number of nitrogens with zero attached hydrogens (tertiary/aromatic N) is 3. The van der Waals surface area contributed by atoms with Crippen molar-refractivity contribution in [2.75, 3.05) is 32.1 Å². The fourth-order valence-corrected chi connectivity index (χ4v) is 4.88. The van der Waals surface area contributed by atoms with Crippen LogP contribution in [0.4, 0.5) is 0 Å². The molecule has 0 saturated carbocycles. The first kappa shape index (κ1) is 23.1. The average molecular weight is 492 g/mol. The van der Waals surface area contributed by atoms with E-state index in [1.165, 1.54) is 11.8 Å². The Bertz CT molecular complexity index is 1180. The van der Waals surface area contributed by atoms with Crippen LogP contribution in [-0.2, 0) is 9.53 Å². The number of halogens is 2. The van der Waals surface area contributed by atoms with E-state index in [1.54, 1.807) is 28.8 Å². The maximum absolute atomic E-state index is 13.3. The lowest BCUT2D eigenvalue weighted by Gasteiger charge is -2.26. The Morgan fingerprint density at radius 2 is 1.84 bits per heavy atom. The fourth-order valence-electron chi connectivity index (χ4n) is 3.57. The third-order valence-electron chi connectivity index (χ3n) is 5.29. The van der Waals surface area contributed by atoms with Gasteiger partial charge in [-0.3, -0.25) is 14.2 Å². The van der Waals surface area contributed by atoms with Crippen LogP contribution in [0.3, 0.4) is 0 Å². The van der Waals surface area contributed by atoms with Crippen LogP contribution < -0.4 is 5.56 Å². The van der Waals surface area contributed by atoms with Gasteiger partial charge in [-0.1, -0.05) is 47.1 Å². The molecule has 32 heavy (non-hydrogen) atoms. The molecule has 1 saturated heterocycles. The lowest BCUT2D eigenvalue weighted by Crippen LogP contribution is -2.40. The molecule has 0 N–H and O–H groups in total. The van der Waals surface area contributed by atoms with E-state index in [2.05, 4.69) is 0 Å². The number of carbonyl (C=O) groups excluding carboxylic acids is 1. The molecule has 0 spiro atoms. The standard InChI is InChI=1S/C23H23Cl2N3O3S/c24-18-9-8-16(15-19(18)25)28-22(30)17-5-1-2-6-20(17)26-23(28)32-14-4-3-7-21(29)27-10-12-31-13-11-27/h1-2,5-6,8-9,15H,3-4,7,10-14H2. The van der Waals surface area contributed by atoms with Gasteiger partial charge >= 0.3 is 0 Å². The lowest BCUT2D eigenvalue weighted by molar-refractivity contribution is -0.135. The largest absolute Gasteiger partial charge is 0.378 e. The van der Waals surface area contributed by atoms with E-state index in [1.807, 2.05) is 23.1 Å². The number of rotatable bonds is 7. The Kier molecular flexibility index (Phi) is 7.73. The lowest BCUT2D eigenvalue weighted by atomic mass is 10.2. The normalized spacial score (nSPS) is 14.1. The summed E-state index contributed by atoms with van der Waals surface area (Å²) < 4.78 is 6.87. The quantitative estimate of drug-likeness (QED) is 0.269. The summed E-state index contributed by atoms with van der Waals surface area (Å²) >= 11 is 13.8. The fraction of sp³-hybridized carbons (Fsp3) is 0.348. The van der Waals surface area contributed by atoms with E-state index in [0.29, 0.717) is 64.5 Å². The molecule has 1 amide bonds. The molecule has 1 fully saturated rings. The number of fused-ring (bicyclic) bond motifs is 1. The molecule has 9 heteroatoms. The molecule has 0 bridgehead atoms. The number of benzene rings is 2. The molecule has 0 radical (unpaired) electrons. The molecular formula is C23H23Cl2N3O3S. The zero-order valence-corrected chi connectivity index (χ0v) is 19.8. The summed E-state index contributed by atoms with van der Waals surface area (Å²) in [5, 5.41) is 1.93. The van der Waals surface area contributed by atoms with Crippen molar-refractivity contribution in [3.8, 4) is 5.69 Å². The summed E-state index contributed by atoms with van der Waals surface area (Å²) in [5.74, 6) is 0.914. The zero-order valence-electron chi connectivity index (χ0n) is 17.4. The molecule has 1 aliphatic heterocycles. The monoisotopic (exact) mass is 491 g/mol. The maximum Gasteiger partial charge on any atom is 0.266 e. The van der Waals surface area contributed by atoms with Crippen LogP contribution in [0.1, 0.15) is 19.3 Å². The zero-order chi connectivity index (χ0) is 22.5. The number of carbonyl (C=O) groups is 1. The van der Waals surface area contributed by atoms with Gasteiger partial charge in [0.05, 0.1) is 39.8 Å². The average Bonchev–Trinajstić information content (AvgIpc) is 2.81. The molecule has 0 unspecified atom stereocenters. The number of morpholine rings is 1. The molecule has 168 valence electrons. The second-order valence-electron chi connectivity index (χ2n) is 7.45. The topological polar surface area (TPSA) is 64.4 Å². The van der Waals surface area contributed by atoms with Gasteiger partial charge in [-0.15, -0.1) is 0 Å². The minimum Gasteiger partial charge on any atom is -0.378 e. The highest BCUT2D eigenvalue weighted by molar-refractivity contribution is 7.99. The van der Waals surface area contributed by atoms with Crippen LogP contribution in [0, 0.1) is 0 Å². The number of ether oxygens (including phenoxy) is 1. The molecule has 2 aromatic carbocycles. The van der Waals surface area contributed by atoms with Gasteiger partial charge in [-0.25, -0.2) is 4.98 Å². The first-order chi connectivity index (χ1) is 15.5. The molecule has 4 rings (SSSR count). The molecule has 0 atom stereocenters. The van der Waals surface area contributed by atoms with Gasteiger partial charge in [-0.2, -0.15) is 0 Å². The van der Waals surface area contributed by atoms with E-state index < -0.39 is 0 Å². The van der Waals surface area contributed by atoms with E-state index in [4.69, 9.17) is 32.9 Å². The number of amides is 1. The number of hydrogen-bond donors (Lipinski definition) is 0. The first-order valence-corrected chi connectivity index (χ1v) is 12.2. The van der Waals surface area contributed by atoms with Crippen molar-refractivity contribution in [1.82, 2.24) is 14.5 Å². The van der Waals surface area contributed by atoms with Crippen LogP contribution in [0.5, 0.6) is 0 Å². The van der Waals surface area contributed by atoms with Gasteiger partial charge in [0, 0.05) is 25.3 Å². The van der Waals surface area contributed by atoms with Crippen molar-refractivity contribution < 1.29 is 9.53 Å². The molecule has 2 heterocycles. The molecular weight excluding hydrogens is 469 g/mol. The second kappa shape index (κ2) is 10.7. The van der Waals surface area contributed by atoms with Crippen LogP contribution in [0.2, 0.25) is 10.0 Å². The molecule has 0 aliphatic carbocycles. The highest BCUT2D eigenvalue weighted by Crippen LogP contribution is 2.27. The predicted octanol–water partition coefficient (Wildman–Crippen LogP) is 4.81. The Hall–Kier alpha value is -2.06. The SMILES string of the molecule is O=C(CCCCSc1nc2ccccc2c(=O)n1-c1ccc(Cl)c(Cl)c1)N1CCOCC1. The minimum absolute atomic E-state index is 0.154. The van der Waals surface area contributed by atoms with Crippen molar-refractivity contribution in [1.29, 1.82) is 0 Å². The van der Waals surface area contributed by atoms with Gasteiger partial charge in [-0.05, 0) is 43.2 Å². The third-order valence-corrected chi connectivity index (χ3v) is 7.05. The molecule has 1 aliphatic rings. The summed E-state index contributed by atoms with van der Waals surface area (Å²) in [7, 11) is 0.